The number of hydroxylamine groups is 1. The van der Waals surface area contributed by atoms with Crippen LogP contribution in [-0.4, -0.2) is 34.0 Å². The molecule has 6 rings (SSSR count). The second kappa shape index (κ2) is 11.7. The van der Waals surface area contributed by atoms with Crippen molar-refractivity contribution < 1.29 is 19.5 Å². The summed E-state index contributed by atoms with van der Waals surface area (Å²) < 4.78 is 0. The maximum absolute atomic E-state index is 14.3. The Hall–Kier alpha value is -3.68. The number of nitrogens with zero attached hydrogens (tertiary/aromatic N) is 1. The Balaban J connectivity index is 1.44. The molecule has 4 atom stereocenters. The van der Waals surface area contributed by atoms with Crippen LogP contribution in [-0.2, 0) is 29.1 Å². The maximum atomic E-state index is 14.3. The van der Waals surface area contributed by atoms with Gasteiger partial charge in [-0.15, -0.1) is 0 Å². The second-order valence-corrected chi connectivity index (χ2v) is 11.3. The Kier molecular flexibility index (Phi) is 7.82. The molecule has 4 unspecified atom stereocenters. The lowest BCUT2D eigenvalue weighted by molar-refractivity contribution is -0.138. The number of amides is 2. The average molecular weight is 588 g/mol. The van der Waals surface area contributed by atoms with Crippen LogP contribution in [0, 0.1) is 0 Å². The highest BCUT2D eigenvalue weighted by atomic mass is 35.5. The molecule has 208 valence electrons. The molecule has 1 aliphatic heterocycles. The van der Waals surface area contributed by atoms with Gasteiger partial charge in [-0.3, -0.25) is 14.4 Å². The number of aliphatic hydroxyl groups excluding tert-OH is 1. The molecule has 0 aromatic heterocycles. The lowest BCUT2D eigenvalue weighted by Gasteiger charge is -2.48. The molecular weight excluding hydrogens is 559 g/mol. The number of hydrogen-bond acceptors (Lipinski definition) is 4. The summed E-state index contributed by atoms with van der Waals surface area (Å²) in [4.78, 5) is 35.6. The largest absolute Gasteiger partial charge is 0.391 e. The third-order valence-corrected chi connectivity index (χ3v) is 8.53. The molecule has 2 aliphatic rings. The number of aliphatic hydroxyl groups is 1. The zero-order valence-corrected chi connectivity index (χ0v) is 23.6. The van der Waals surface area contributed by atoms with Gasteiger partial charge in [0, 0.05) is 22.0 Å². The molecule has 1 heterocycles. The fourth-order valence-electron chi connectivity index (χ4n) is 6.06. The van der Waals surface area contributed by atoms with E-state index < -0.39 is 30.0 Å². The zero-order chi connectivity index (χ0) is 28.5. The summed E-state index contributed by atoms with van der Waals surface area (Å²) in [6.07, 6.45) is -0.0124. The Bertz CT molecular complexity index is 1600. The molecule has 0 radical (unpaired) electrons. The molecule has 41 heavy (non-hydrogen) atoms. The minimum atomic E-state index is -0.872. The molecular formula is C33H28Cl2N2O4. The van der Waals surface area contributed by atoms with Crippen LogP contribution in [0.15, 0.2) is 97.1 Å². The molecule has 2 amide bonds. The number of rotatable bonds is 6. The summed E-state index contributed by atoms with van der Waals surface area (Å²) in [5.74, 6) is -1.57. The van der Waals surface area contributed by atoms with Gasteiger partial charge in [0.05, 0.1) is 30.7 Å². The zero-order valence-electron chi connectivity index (χ0n) is 22.0. The minimum absolute atomic E-state index is 0.175. The van der Waals surface area contributed by atoms with E-state index in [1.165, 1.54) is 0 Å². The molecule has 4 aromatic rings. The van der Waals surface area contributed by atoms with Gasteiger partial charge in [0.2, 0.25) is 0 Å². The molecule has 0 bridgehead atoms. The van der Waals surface area contributed by atoms with Crippen LogP contribution in [0.2, 0.25) is 10.0 Å². The second-order valence-electron chi connectivity index (χ2n) is 10.4. The fourth-order valence-corrected chi connectivity index (χ4v) is 6.58. The number of benzene rings is 4. The molecule has 0 saturated heterocycles. The van der Waals surface area contributed by atoms with E-state index >= 15 is 0 Å². The lowest BCUT2D eigenvalue weighted by Crippen LogP contribution is -2.57. The van der Waals surface area contributed by atoms with Crippen LogP contribution in [0.25, 0.3) is 0 Å². The minimum Gasteiger partial charge on any atom is -0.391 e. The van der Waals surface area contributed by atoms with Crippen LogP contribution in [0.5, 0.6) is 0 Å². The van der Waals surface area contributed by atoms with Gasteiger partial charge in [-0.05, 0) is 52.4 Å². The smallest absolute Gasteiger partial charge is 0.255 e. The van der Waals surface area contributed by atoms with Gasteiger partial charge in [-0.25, -0.2) is 5.48 Å². The van der Waals surface area contributed by atoms with Gasteiger partial charge in [0.1, 0.15) is 0 Å². The monoisotopic (exact) mass is 586 g/mol. The van der Waals surface area contributed by atoms with Crippen LogP contribution >= 0.6 is 23.2 Å². The van der Waals surface area contributed by atoms with E-state index in [0.717, 1.165) is 16.7 Å². The third-order valence-electron chi connectivity index (χ3n) is 7.97. The van der Waals surface area contributed by atoms with Crippen LogP contribution in [0.3, 0.4) is 0 Å². The maximum Gasteiger partial charge on any atom is 0.255 e. The van der Waals surface area contributed by atoms with Gasteiger partial charge >= 0.3 is 0 Å². The van der Waals surface area contributed by atoms with Gasteiger partial charge in [-0.2, -0.15) is 0 Å². The van der Waals surface area contributed by atoms with Crippen molar-refractivity contribution in [1.82, 2.24) is 10.4 Å². The molecule has 0 fully saturated rings. The van der Waals surface area contributed by atoms with Crippen molar-refractivity contribution in [2.24, 2.45) is 0 Å². The van der Waals surface area contributed by atoms with Gasteiger partial charge in [-0.1, -0.05) is 102 Å². The van der Waals surface area contributed by atoms with E-state index in [0.29, 0.717) is 39.6 Å². The van der Waals surface area contributed by atoms with E-state index in [1.807, 2.05) is 54.6 Å². The van der Waals surface area contributed by atoms with Crippen LogP contribution in [0.4, 0.5) is 0 Å². The summed E-state index contributed by atoms with van der Waals surface area (Å²) in [5.41, 5.74) is 7.17. The lowest BCUT2D eigenvalue weighted by atomic mass is 9.76. The Morgan fingerprint density at radius 3 is 2.32 bits per heavy atom. The van der Waals surface area contributed by atoms with Gasteiger partial charge < -0.3 is 10.0 Å². The first-order chi connectivity index (χ1) is 19.9. The Morgan fingerprint density at radius 2 is 1.56 bits per heavy atom. The molecule has 0 spiro atoms. The highest BCUT2D eigenvalue weighted by Gasteiger charge is 2.49. The van der Waals surface area contributed by atoms with E-state index in [-0.39, 0.29) is 12.5 Å². The van der Waals surface area contributed by atoms with Crippen molar-refractivity contribution in [3.05, 3.63) is 140 Å². The third kappa shape index (κ3) is 5.36. The Labute approximate surface area is 248 Å². The Morgan fingerprint density at radius 1 is 0.878 bits per heavy atom. The molecule has 1 aliphatic carbocycles. The summed E-state index contributed by atoms with van der Waals surface area (Å²) in [6, 6.07) is 28.1. The van der Waals surface area contributed by atoms with E-state index in [1.54, 1.807) is 47.4 Å². The van der Waals surface area contributed by atoms with E-state index in [2.05, 4.69) is 5.48 Å². The summed E-state index contributed by atoms with van der Waals surface area (Å²) in [7, 11) is 0. The van der Waals surface area contributed by atoms with E-state index in [9.17, 15) is 14.7 Å². The molecule has 8 heteroatoms. The standard InChI is InChI=1S/C33H28Cl2N2O4/c34-23-14-15-26(27(35)18-23)31-30(32(39)36-41-19-20-8-2-1-3-9-20)24-12-6-7-13-25(24)33(40)37(31)28-16-21-10-4-5-11-22(21)17-29(28)38/h1-15,18,28-31,38H,16-17,19H2,(H,36,39). The van der Waals surface area contributed by atoms with Crippen molar-refractivity contribution in [2.45, 2.75) is 43.6 Å². The van der Waals surface area contributed by atoms with Crippen LogP contribution < -0.4 is 5.48 Å². The predicted octanol–water partition coefficient (Wildman–Crippen LogP) is 6.05. The van der Waals surface area contributed by atoms with Gasteiger partial charge in [0.25, 0.3) is 11.8 Å². The summed E-state index contributed by atoms with van der Waals surface area (Å²) >= 11 is 13.0. The highest BCUT2D eigenvalue weighted by Crippen LogP contribution is 2.47. The number of halogens is 2. The van der Waals surface area contributed by atoms with E-state index in [4.69, 9.17) is 28.0 Å². The molecule has 2 N–H and O–H groups in total. The molecule has 0 saturated carbocycles. The van der Waals surface area contributed by atoms with Crippen LogP contribution in [0.1, 0.15) is 50.1 Å². The van der Waals surface area contributed by atoms with Gasteiger partial charge in [0.15, 0.2) is 0 Å². The first kappa shape index (κ1) is 27.5. The quantitative estimate of drug-likeness (QED) is 0.269. The van der Waals surface area contributed by atoms with Crippen molar-refractivity contribution in [3.63, 3.8) is 0 Å². The predicted molar refractivity (Wildman–Crippen MR) is 158 cm³/mol. The number of nitrogens with one attached hydrogen (secondary N) is 1. The highest BCUT2D eigenvalue weighted by molar-refractivity contribution is 6.35. The summed E-state index contributed by atoms with van der Waals surface area (Å²) in [5, 5.41) is 12.2. The van der Waals surface area contributed by atoms with Crippen molar-refractivity contribution in [2.75, 3.05) is 0 Å². The van der Waals surface area contributed by atoms with Crippen molar-refractivity contribution >= 4 is 35.0 Å². The first-order valence-electron chi connectivity index (χ1n) is 13.5. The number of fused-ring (bicyclic) bond motifs is 2. The van der Waals surface area contributed by atoms with Crippen molar-refractivity contribution in [1.29, 1.82) is 0 Å². The SMILES string of the molecule is O=C(NOCc1ccccc1)C1c2ccccc2C(=O)N(C2Cc3ccccc3CC2O)C1c1ccc(Cl)cc1Cl. The number of carbonyl (C=O) groups is 2. The molecule has 6 nitrogen and oxygen atoms in total. The first-order valence-corrected chi connectivity index (χ1v) is 14.2. The normalized spacial score (nSPS) is 21.6. The molecule has 4 aromatic carbocycles. The topological polar surface area (TPSA) is 78.9 Å². The van der Waals surface area contributed by atoms with Crippen molar-refractivity contribution in [3.8, 4) is 0 Å². The number of carbonyl (C=O) groups excluding carboxylic acids is 2. The fraction of sp³-hybridized carbons (Fsp3) is 0.212. The number of hydrogen-bond donors (Lipinski definition) is 2. The summed E-state index contributed by atoms with van der Waals surface area (Å²) in [6.45, 7) is 0.175. The average Bonchev–Trinajstić information content (AvgIpc) is 2.97.